The minimum Gasteiger partial charge on any atom is -0.444 e. The SMILES string of the molecule is C[NH2+][C@H]1CN(C(=O)OC(C)(C)C)C[C@@H]1O. The van der Waals surface area contributed by atoms with Crippen molar-refractivity contribution in [1.29, 1.82) is 0 Å². The van der Waals surface area contributed by atoms with Crippen LogP contribution in [0.15, 0.2) is 0 Å². The topological polar surface area (TPSA) is 66.4 Å². The Morgan fingerprint density at radius 1 is 1.47 bits per heavy atom. The van der Waals surface area contributed by atoms with Gasteiger partial charge in [-0.05, 0) is 20.8 Å². The molecule has 1 heterocycles. The Balaban J connectivity index is 2.50. The first-order chi connectivity index (χ1) is 6.83. The van der Waals surface area contributed by atoms with Crippen molar-refractivity contribution in [1.82, 2.24) is 4.90 Å². The Labute approximate surface area is 90.4 Å². The fourth-order valence-corrected chi connectivity index (χ4v) is 1.61. The zero-order valence-corrected chi connectivity index (χ0v) is 9.86. The van der Waals surface area contributed by atoms with Crippen LogP contribution in [0.25, 0.3) is 0 Å². The Kier molecular flexibility index (Phi) is 3.57. The molecule has 0 aromatic carbocycles. The number of β-amino-alcohol motifs (C(OH)–C–C–N with tert-alkyl or cyclic N) is 1. The molecule has 0 aliphatic carbocycles. The molecule has 0 bridgehead atoms. The molecule has 0 spiro atoms. The van der Waals surface area contributed by atoms with E-state index >= 15 is 0 Å². The third-order valence-electron chi connectivity index (χ3n) is 2.41. The number of rotatable bonds is 1. The fourth-order valence-electron chi connectivity index (χ4n) is 1.61. The zero-order valence-electron chi connectivity index (χ0n) is 9.86. The normalized spacial score (nSPS) is 26.9. The third-order valence-corrected chi connectivity index (χ3v) is 2.41. The second-order valence-corrected chi connectivity index (χ2v) is 4.95. The largest absolute Gasteiger partial charge is 0.444 e. The lowest BCUT2D eigenvalue weighted by atomic mass is 10.2. The van der Waals surface area contributed by atoms with Crippen molar-refractivity contribution in [3.63, 3.8) is 0 Å². The first-order valence-electron chi connectivity index (χ1n) is 5.29. The summed E-state index contributed by atoms with van der Waals surface area (Å²) in [6.07, 6.45) is -0.798. The molecule has 1 aliphatic rings. The van der Waals surface area contributed by atoms with Crippen LogP contribution in [0.1, 0.15) is 20.8 Å². The maximum absolute atomic E-state index is 11.6. The number of likely N-dealkylation sites (tertiary alicyclic amines) is 1. The van der Waals surface area contributed by atoms with E-state index in [0.717, 1.165) is 0 Å². The van der Waals surface area contributed by atoms with Crippen LogP contribution in [0.5, 0.6) is 0 Å². The molecular weight excluding hydrogens is 196 g/mol. The summed E-state index contributed by atoms with van der Waals surface area (Å²) >= 11 is 0. The van der Waals surface area contributed by atoms with Crippen LogP contribution < -0.4 is 5.32 Å². The third kappa shape index (κ3) is 3.35. The standard InChI is InChI=1S/C10H20N2O3/c1-10(2,3)15-9(14)12-5-7(11-4)8(13)6-12/h7-8,11,13H,5-6H2,1-4H3/p+1/t7-,8-/m0/s1. The summed E-state index contributed by atoms with van der Waals surface area (Å²) in [5.41, 5.74) is -0.476. The molecule has 2 atom stereocenters. The van der Waals surface area contributed by atoms with E-state index in [1.165, 1.54) is 0 Å². The van der Waals surface area contributed by atoms with Gasteiger partial charge in [0.15, 0.2) is 0 Å². The van der Waals surface area contributed by atoms with Gasteiger partial charge in [0.05, 0.1) is 20.1 Å². The van der Waals surface area contributed by atoms with Gasteiger partial charge in [-0.25, -0.2) is 4.79 Å². The van der Waals surface area contributed by atoms with Gasteiger partial charge in [-0.3, -0.25) is 4.90 Å². The van der Waals surface area contributed by atoms with Crippen molar-refractivity contribution in [2.24, 2.45) is 0 Å². The number of aliphatic hydroxyl groups is 1. The second kappa shape index (κ2) is 4.37. The number of ether oxygens (including phenoxy) is 1. The Bertz CT molecular complexity index is 237. The molecule has 1 aliphatic heterocycles. The van der Waals surface area contributed by atoms with Crippen LogP contribution in [0.2, 0.25) is 0 Å². The van der Waals surface area contributed by atoms with Crippen LogP contribution >= 0.6 is 0 Å². The van der Waals surface area contributed by atoms with E-state index in [2.05, 4.69) is 0 Å². The molecule has 15 heavy (non-hydrogen) atoms. The number of hydrogen-bond donors (Lipinski definition) is 2. The molecule has 0 aromatic heterocycles. The minimum absolute atomic E-state index is 0.0671. The second-order valence-electron chi connectivity index (χ2n) is 4.95. The summed E-state index contributed by atoms with van der Waals surface area (Å²) in [5.74, 6) is 0. The summed E-state index contributed by atoms with van der Waals surface area (Å²) in [4.78, 5) is 13.2. The number of hydrogen-bond acceptors (Lipinski definition) is 3. The molecule has 5 heteroatoms. The number of amides is 1. The summed E-state index contributed by atoms with van der Waals surface area (Å²) in [5, 5.41) is 11.6. The fraction of sp³-hybridized carbons (Fsp3) is 0.900. The number of carbonyl (C=O) groups is 1. The molecule has 1 rings (SSSR count). The van der Waals surface area contributed by atoms with Crippen LogP contribution in [-0.2, 0) is 4.74 Å². The van der Waals surface area contributed by atoms with Crippen molar-refractivity contribution in [2.45, 2.75) is 38.5 Å². The molecular formula is C10H21N2O3+. The Morgan fingerprint density at radius 3 is 2.47 bits per heavy atom. The van der Waals surface area contributed by atoms with Gasteiger partial charge in [0, 0.05) is 0 Å². The van der Waals surface area contributed by atoms with Crippen LogP contribution in [0.4, 0.5) is 4.79 Å². The monoisotopic (exact) mass is 217 g/mol. The van der Waals surface area contributed by atoms with E-state index in [1.807, 2.05) is 33.1 Å². The van der Waals surface area contributed by atoms with E-state index in [4.69, 9.17) is 4.74 Å². The summed E-state index contributed by atoms with van der Waals surface area (Å²) in [6, 6.07) is 0.0671. The van der Waals surface area contributed by atoms with Crippen molar-refractivity contribution in [3.05, 3.63) is 0 Å². The van der Waals surface area contributed by atoms with Crippen molar-refractivity contribution < 1.29 is 20.0 Å². The predicted octanol–water partition coefficient (Wildman–Crippen LogP) is -0.840. The highest BCUT2D eigenvalue weighted by molar-refractivity contribution is 5.68. The zero-order chi connectivity index (χ0) is 11.6. The van der Waals surface area contributed by atoms with Gasteiger partial charge in [0.25, 0.3) is 0 Å². The molecule has 1 amide bonds. The average Bonchev–Trinajstić information content (AvgIpc) is 2.43. The molecule has 1 fully saturated rings. The number of likely N-dealkylation sites (N-methyl/N-ethyl adjacent to an activating group) is 1. The molecule has 5 nitrogen and oxygen atoms in total. The van der Waals surface area contributed by atoms with Crippen molar-refractivity contribution >= 4 is 6.09 Å². The van der Waals surface area contributed by atoms with E-state index in [0.29, 0.717) is 13.1 Å². The average molecular weight is 217 g/mol. The van der Waals surface area contributed by atoms with Gasteiger partial charge in [-0.2, -0.15) is 0 Å². The van der Waals surface area contributed by atoms with E-state index in [-0.39, 0.29) is 12.1 Å². The van der Waals surface area contributed by atoms with Crippen LogP contribution in [0, 0.1) is 0 Å². The van der Waals surface area contributed by atoms with Gasteiger partial charge in [-0.1, -0.05) is 0 Å². The molecule has 0 radical (unpaired) electrons. The highest BCUT2D eigenvalue weighted by atomic mass is 16.6. The highest BCUT2D eigenvalue weighted by Crippen LogP contribution is 2.14. The predicted molar refractivity (Wildman–Crippen MR) is 55.5 cm³/mol. The number of nitrogens with zero attached hydrogens (tertiary/aromatic N) is 1. The maximum Gasteiger partial charge on any atom is 0.410 e. The lowest BCUT2D eigenvalue weighted by Gasteiger charge is -2.23. The van der Waals surface area contributed by atoms with E-state index in [1.54, 1.807) is 4.90 Å². The van der Waals surface area contributed by atoms with Crippen molar-refractivity contribution in [2.75, 3.05) is 20.1 Å². The van der Waals surface area contributed by atoms with Crippen LogP contribution in [-0.4, -0.2) is 54.0 Å². The van der Waals surface area contributed by atoms with Gasteiger partial charge >= 0.3 is 6.09 Å². The number of nitrogens with two attached hydrogens (primary N) is 1. The molecule has 3 N–H and O–H groups in total. The molecule has 0 unspecified atom stereocenters. The Hall–Kier alpha value is -0.810. The van der Waals surface area contributed by atoms with Gasteiger partial charge in [0.1, 0.15) is 17.7 Å². The quantitative estimate of drug-likeness (QED) is 0.602. The lowest BCUT2D eigenvalue weighted by molar-refractivity contribution is -0.666. The summed E-state index contributed by atoms with van der Waals surface area (Å²) in [6.45, 7) is 6.42. The molecule has 88 valence electrons. The summed E-state index contributed by atoms with van der Waals surface area (Å²) in [7, 11) is 1.90. The lowest BCUT2D eigenvalue weighted by Crippen LogP contribution is -2.89. The first-order valence-corrected chi connectivity index (χ1v) is 5.29. The Morgan fingerprint density at radius 2 is 2.07 bits per heavy atom. The molecule has 1 saturated heterocycles. The summed E-state index contributed by atoms with van der Waals surface area (Å²) < 4.78 is 5.22. The van der Waals surface area contributed by atoms with Gasteiger partial charge in [-0.15, -0.1) is 0 Å². The number of carbonyl (C=O) groups excluding carboxylic acids is 1. The van der Waals surface area contributed by atoms with Gasteiger partial charge < -0.3 is 15.2 Å². The molecule has 0 aromatic rings. The van der Waals surface area contributed by atoms with Gasteiger partial charge in [0.2, 0.25) is 0 Å². The first kappa shape index (κ1) is 12.3. The van der Waals surface area contributed by atoms with Crippen LogP contribution in [0.3, 0.4) is 0 Å². The minimum atomic E-state index is -0.476. The highest BCUT2D eigenvalue weighted by Gasteiger charge is 2.37. The maximum atomic E-state index is 11.6. The smallest absolute Gasteiger partial charge is 0.410 e. The number of aliphatic hydroxyl groups excluding tert-OH is 1. The van der Waals surface area contributed by atoms with E-state index in [9.17, 15) is 9.90 Å². The van der Waals surface area contributed by atoms with E-state index < -0.39 is 11.7 Å². The van der Waals surface area contributed by atoms with Crippen molar-refractivity contribution in [3.8, 4) is 0 Å². The molecule has 0 saturated carbocycles. The number of quaternary nitrogens is 1.